The van der Waals surface area contributed by atoms with E-state index in [9.17, 15) is 4.21 Å². The Kier molecular flexibility index (Phi) is 5.46. The first-order valence-corrected chi connectivity index (χ1v) is 3.87. The second-order valence-electron chi connectivity index (χ2n) is 1.44. The number of allylic oxidation sites excluding steroid dienone is 3. The maximum Gasteiger partial charge on any atom is 0.178 e. The van der Waals surface area contributed by atoms with Crippen molar-refractivity contribution in [2.75, 3.05) is 0 Å². The summed E-state index contributed by atoms with van der Waals surface area (Å²) >= 11 is -1.80. The fourth-order valence-electron chi connectivity index (χ4n) is 0.327. The highest BCUT2D eigenvalue weighted by atomic mass is 32.2. The topological polar surface area (TPSA) is 37.3 Å². The molecule has 0 aliphatic rings. The molecule has 2 nitrogen and oxygen atoms in total. The molecule has 52 valence electrons. The predicted octanol–water partition coefficient (Wildman–Crippen LogP) is 1.69. The molecule has 0 aliphatic carbocycles. The van der Waals surface area contributed by atoms with Crippen LogP contribution in [0.25, 0.3) is 0 Å². The van der Waals surface area contributed by atoms with E-state index in [1.54, 1.807) is 12.2 Å². The minimum atomic E-state index is -1.80. The maximum atomic E-state index is 9.95. The first kappa shape index (κ1) is 8.59. The first-order chi connectivity index (χ1) is 4.27. The Morgan fingerprint density at radius 2 is 2.22 bits per heavy atom. The van der Waals surface area contributed by atoms with Crippen LogP contribution in [0.2, 0.25) is 0 Å². The molecular weight excluding hydrogens is 136 g/mol. The molecule has 0 saturated carbocycles. The molecule has 0 aromatic rings. The Hall–Kier alpha value is -0.410. The molecule has 0 aromatic carbocycles. The van der Waals surface area contributed by atoms with Gasteiger partial charge in [-0.05, 0) is 6.42 Å². The quantitative estimate of drug-likeness (QED) is 0.486. The standard InChI is InChI=1S/C6H10O2S/c1-2-3-4-5-6-9(7)8/h3-6H,2H2,1H3,(H,7,8). The fourth-order valence-corrected chi connectivity index (χ4v) is 0.552. The van der Waals surface area contributed by atoms with Gasteiger partial charge in [0.25, 0.3) is 0 Å². The zero-order valence-corrected chi connectivity index (χ0v) is 6.10. The van der Waals surface area contributed by atoms with Gasteiger partial charge in [0.05, 0.1) is 0 Å². The average Bonchev–Trinajstić information content (AvgIpc) is 1.80. The second-order valence-corrected chi connectivity index (χ2v) is 2.27. The molecule has 0 heterocycles. The van der Waals surface area contributed by atoms with Crippen LogP contribution in [0.1, 0.15) is 13.3 Å². The molecule has 0 spiro atoms. The highest BCUT2D eigenvalue weighted by molar-refractivity contribution is 7.82. The summed E-state index contributed by atoms with van der Waals surface area (Å²) in [6.45, 7) is 2.00. The van der Waals surface area contributed by atoms with Crippen molar-refractivity contribution < 1.29 is 8.76 Å². The van der Waals surface area contributed by atoms with Crippen LogP contribution in [0, 0.1) is 0 Å². The smallest absolute Gasteiger partial charge is 0.178 e. The van der Waals surface area contributed by atoms with Gasteiger partial charge in [-0.15, -0.1) is 0 Å². The molecule has 9 heavy (non-hydrogen) atoms. The summed E-state index contributed by atoms with van der Waals surface area (Å²) in [5.74, 6) is 0. The van der Waals surface area contributed by atoms with Crippen LogP contribution in [0.5, 0.6) is 0 Å². The fraction of sp³-hybridized carbons (Fsp3) is 0.333. The minimum Gasteiger partial charge on any atom is -0.303 e. The maximum absolute atomic E-state index is 9.95. The van der Waals surface area contributed by atoms with E-state index in [2.05, 4.69) is 0 Å². The van der Waals surface area contributed by atoms with Gasteiger partial charge >= 0.3 is 0 Å². The van der Waals surface area contributed by atoms with Crippen LogP contribution in [0.4, 0.5) is 0 Å². The largest absolute Gasteiger partial charge is 0.303 e. The van der Waals surface area contributed by atoms with E-state index in [1.165, 1.54) is 5.41 Å². The lowest BCUT2D eigenvalue weighted by Crippen LogP contribution is -1.73. The van der Waals surface area contributed by atoms with Crippen molar-refractivity contribution in [2.45, 2.75) is 13.3 Å². The summed E-state index contributed by atoms with van der Waals surface area (Å²) in [4.78, 5) is 0. The van der Waals surface area contributed by atoms with Crippen LogP contribution >= 0.6 is 0 Å². The van der Waals surface area contributed by atoms with Crippen LogP contribution < -0.4 is 0 Å². The summed E-state index contributed by atoms with van der Waals surface area (Å²) in [6, 6.07) is 0. The van der Waals surface area contributed by atoms with Crippen molar-refractivity contribution in [2.24, 2.45) is 0 Å². The van der Waals surface area contributed by atoms with E-state index in [-0.39, 0.29) is 0 Å². The average molecular weight is 146 g/mol. The lowest BCUT2D eigenvalue weighted by Gasteiger charge is -1.75. The van der Waals surface area contributed by atoms with Gasteiger partial charge < -0.3 is 4.55 Å². The van der Waals surface area contributed by atoms with Gasteiger partial charge in [-0.3, -0.25) is 0 Å². The number of hydrogen-bond acceptors (Lipinski definition) is 1. The van der Waals surface area contributed by atoms with Crippen LogP contribution in [-0.4, -0.2) is 8.76 Å². The molecule has 0 bridgehead atoms. The van der Waals surface area contributed by atoms with Crippen LogP contribution in [-0.2, 0) is 11.1 Å². The molecule has 3 heteroatoms. The van der Waals surface area contributed by atoms with E-state index in [0.717, 1.165) is 6.42 Å². The molecule has 0 aromatic heterocycles. The van der Waals surface area contributed by atoms with Crippen molar-refractivity contribution >= 4 is 11.1 Å². The van der Waals surface area contributed by atoms with Crippen LogP contribution in [0.3, 0.4) is 0 Å². The first-order valence-electron chi connectivity index (χ1n) is 2.70. The number of hydrogen-bond donors (Lipinski definition) is 1. The molecule has 0 fully saturated rings. The second kappa shape index (κ2) is 5.72. The monoisotopic (exact) mass is 146 g/mol. The molecule has 1 unspecified atom stereocenters. The highest BCUT2D eigenvalue weighted by Gasteiger charge is 1.74. The van der Waals surface area contributed by atoms with E-state index in [4.69, 9.17) is 4.55 Å². The van der Waals surface area contributed by atoms with E-state index >= 15 is 0 Å². The van der Waals surface area contributed by atoms with Crippen LogP contribution in [0.15, 0.2) is 23.6 Å². The Bertz CT molecular complexity index is 138. The zero-order valence-electron chi connectivity index (χ0n) is 5.28. The molecule has 0 radical (unpaired) electrons. The molecule has 1 N–H and O–H groups in total. The predicted molar refractivity (Wildman–Crippen MR) is 39.3 cm³/mol. The van der Waals surface area contributed by atoms with E-state index in [0.29, 0.717) is 0 Å². The molecule has 0 saturated heterocycles. The minimum absolute atomic E-state index is 0.947. The van der Waals surface area contributed by atoms with Gasteiger partial charge in [0.1, 0.15) is 0 Å². The van der Waals surface area contributed by atoms with Gasteiger partial charge in [0.2, 0.25) is 0 Å². The van der Waals surface area contributed by atoms with Gasteiger partial charge in [-0.2, -0.15) is 0 Å². The van der Waals surface area contributed by atoms with Gasteiger partial charge in [-0.25, -0.2) is 4.21 Å². The summed E-state index contributed by atoms with van der Waals surface area (Å²) < 4.78 is 18.2. The Labute approximate surface area is 57.6 Å². The van der Waals surface area contributed by atoms with Gasteiger partial charge in [0, 0.05) is 5.41 Å². The third kappa shape index (κ3) is 7.59. The molecule has 0 rings (SSSR count). The SMILES string of the molecule is CCC=CC=CS(=O)O. The third-order valence-corrected chi connectivity index (χ3v) is 1.07. The van der Waals surface area contributed by atoms with Gasteiger partial charge in [-0.1, -0.05) is 25.2 Å². The highest BCUT2D eigenvalue weighted by Crippen LogP contribution is 1.82. The lowest BCUT2D eigenvalue weighted by atomic mass is 10.4. The van der Waals surface area contributed by atoms with Gasteiger partial charge in [0.15, 0.2) is 11.1 Å². The Morgan fingerprint density at radius 1 is 1.56 bits per heavy atom. The summed E-state index contributed by atoms with van der Waals surface area (Å²) in [5.41, 5.74) is 0. The number of rotatable bonds is 3. The summed E-state index contributed by atoms with van der Waals surface area (Å²) in [7, 11) is 0. The lowest BCUT2D eigenvalue weighted by molar-refractivity contribution is 0.574. The van der Waals surface area contributed by atoms with E-state index < -0.39 is 11.1 Å². The molecule has 0 aliphatic heterocycles. The normalized spacial score (nSPS) is 15.3. The van der Waals surface area contributed by atoms with Crippen molar-refractivity contribution in [3.8, 4) is 0 Å². The van der Waals surface area contributed by atoms with Crippen molar-refractivity contribution in [1.29, 1.82) is 0 Å². The zero-order chi connectivity index (χ0) is 7.11. The molecule has 1 atom stereocenters. The summed E-state index contributed by atoms with van der Waals surface area (Å²) in [5, 5.41) is 1.21. The van der Waals surface area contributed by atoms with Crippen molar-refractivity contribution in [3.63, 3.8) is 0 Å². The molecule has 0 amide bonds. The molecular formula is C6H10O2S. The third-order valence-electron chi connectivity index (χ3n) is 0.678. The Balaban J connectivity index is 3.47. The van der Waals surface area contributed by atoms with E-state index in [1.807, 2.05) is 13.0 Å². The van der Waals surface area contributed by atoms with Crippen molar-refractivity contribution in [3.05, 3.63) is 23.6 Å². The Morgan fingerprint density at radius 3 is 2.67 bits per heavy atom. The summed E-state index contributed by atoms with van der Waals surface area (Å²) in [6.07, 6.45) is 6.15. The van der Waals surface area contributed by atoms with Crippen molar-refractivity contribution in [1.82, 2.24) is 0 Å².